The molecule has 1 aliphatic heterocycles. The lowest BCUT2D eigenvalue weighted by Crippen LogP contribution is -2.35. The molecule has 4 nitrogen and oxygen atoms in total. The van der Waals surface area contributed by atoms with Gasteiger partial charge in [-0.3, -0.25) is 4.79 Å². The van der Waals surface area contributed by atoms with Gasteiger partial charge in [-0.05, 0) is 12.5 Å². The molecule has 1 fully saturated rings. The van der Waals surface area contributed by atoms with Gasteiger partial charge in [-0.2, -0.15) is 0 Å². The molecule has 0 aliphatic carbocycles. The van der Waals surface area contributed by atoms with Crippen molar-refractivity contribution in [2.75, 3.05) is 6.54 Å². The maximum Gasteiger partial charge on any atom is 0.220 e. The molecule has 1 aromatic heterocycles. The summed E-state index contributed by atoms with van der Waals surface area (Å²) in [5.41, 5.74) is 1.13. The van der Waals surface area contributed by atoms with Gasteiger partial charge in [0, 0.05) is 31.1 Å². The lowest BCUT2D eigenvalue weighted by atomic mass is 10.2. The molecule has 1 aromatic rings. The van der Waals surface area contributed by atoms with Gasteiger partial charge in [-0.25, -0.2) is 0 Å². The Kier molecular flexibility index (Phi) is 2.84. The number of furan rings is 1. The Hall–Kier alpha value is -1.29. The van der Waals surface area contributed by atoms with Crippen LogP contribution in [-0.4, -0.2) is 18.5 Å². The third-order valence-electron chi connectivity index (χ3n) is 2.38. The fraction of sp³-hybridized carbons (Fsp3) is 0.500. The van der Waals surface area contributed by atoms with E-state index in [2.05, 4.69) is 10.6 Å². The first-order valence-corrected chi connectivity index (χ1v) is 4.86. The van der Waals surface area contributed by atoms with Crippen molar-refractivity contribution in [2.45, 2.75) is 25.4 Å². The summed E-state index contributed by atoms with van der Waals surface area (Å²) in [7, 11) is 0. The van der Waals surface area contributed by atoms with E-state index in [-0.39, 0.29) is 5.91 Å². The Morgan fingerprint density at radius 1 is 1.64 bits per heavy atom. The van der Waals surface area contributed by atoms with Gasteiger partial charge in [0.15, 0.2) is 0 Å². The lowest BCUT2D eigenvalue weighted by molar-refractivity contribution is -0.119. The molecule has 1 atom stereocenters. The molecule has 0 radical (unpaired) electrons. The molecule has 14 heavy (non-hydrogen) atoms. The van der Waals surface area contributed by atoms with Crippen LogP contribution in [0.1, 0.15) is 18.4 Å². The average Bonchev–Trinajstić information content (AvgIpc) is 2.77. The molecule has 2 rings (SSSR count). The molecule has 4 heteroatoms. The second kappa shape index (κ2) is 4.28. The summed E-state index contributed by atoms with van der Waals surface area (Å²) >= 11 is 0. The van der Waals surface area contributed by atoms with Crippen molar-refractivity contribution in [1.82, 2.24) is 10.6 Å². The highest BCUT2D eigenvalue weighted by Crippen LogP contribution is 2.05. The highest BCUT2D eigenvalue weighted by Gasteiger charge is 2.19. The molecule has 76 valence electrons. The van der Waals surface area contributed by atoms with Crippen LogP contribution < -0.4 is 10.6 Å². The fourth-order valence-corrected chi connectivity index (χ4v) is 1.61. The van der Waals surface area contributed by atoms with Crippen LogP contribution in [-0.2, 0) is 11.3 Å². The van der Waals surface area contributed by atoms with Crippen LogP contribution in [0.25, 0.3) is 0 Å². The lowest BCUT2D eigenvalue weighted by Gasteiger charge is -2.09. The topological polar surface area (TPSA) is 54.3 Å². The third kappa shape index (κ3) is 2.35. The summed E-state index contributed by atoms with van der Waals surface area (Å²) in [6, 6.07) is 2.23. The monoisotopic (exact) mass is 194 g/mol. The Labute approximate surface area is 82.7 Å². The first kappa shape index (κ1) is 9.27. The largest absolute Gasteiger partial charge is 0.472 e. The van der Waals surface area contributed by atoms with Crippen LogP contribution in [0.4, 0.5) is 0 Å². The first-order chi connectivity index (χ1) is 6.84. The molecule has 1 aliphatic rings. The third-order valence-corrected chi connectivity index (χ3v) is 2.38. The van der Waals surface area contributed by atoms with Crippen molar-refractivity contribution in [3.05, 3.63) is 24.2 Å². The van der Waals surface area contributed by atoms with Crippen LogP contribution in [0.2, 0.25) is 0 Å². The minimum absolute atomic E-state index is 0.167. The summed E-state index contributed by atoms with van der Waals surface area (Å²) < 4.78 is 4.94. The second-order valence-electron chi connectivity index (χ2n) is 3.57. The molecular formula is C10H14N2O2. The number of amides is 1. The van der Waals surface area contributed by atoms with Gasteiger partial charge in [0.05, 0.1) is 12.5 Å². The van der Waals surface area contributed by atoms with Crippen molar-refractivity contribution in [2.24, 2.45) is 0 Å². The Morgan fingerprint density at radius 3 is 3.21 bits per heavy atom. The minimum atomic E-state index is 0.167. The van der Waals surface area contributed by atoms with Gasteiger partial charge in [-0.1, -0.05) is 0 Å². The van der Waals surface area contributed by atoms with E-state index < -0.39 is 0 Å². The summed E-state index contributed by atoms with van der Waals surface area (Å²) in [5.74, 6) is 0.167. The predicted molar refractivity (Wildman–Crippen MR) is 51.6 cm³/mol. The standard InChI is InChI=1S/C10H14N2O2/c13-10-2-1-9(12-10)6-11-5-8-3-4-14-7-8/h3-4,7,9,11H,1-2,5-6H2,(H,12,13). The number of hydrogen-bond donors (Lipinski definition) is 2. The number of carbonyl (C=O) groups excluding carboxylic acids is 1. The van der Waals surface area contributed by atoms with Crippen molar-refractivity contribution < 1.29 is 9.21 Å². The Bertz CT molecular complexity index is 295. The molecule has 0 aromatic carbocycles. The fourth-order valence-electron chi connectivity index (χ4n) is 1.61. The van der Waals surface area contributed by atoms with E-state index in [1.165, 1.54) is 0 Å². The Balaban J connectivity index is 1.66. The van der Waals surface area contributed by atoms with Gasteiger partial charge in [0.25, 0.3) is 0 Å². The molecule has 2 heterocycles. The molecule has 1 saturated heterocycles. The number of rotatable bonds is 4. The number of hydrogen-bond acceptors (Lipinski definition) is 3. The van der Waals surface area contributed by atoms with Crippen LogP contribution in [0.15, 0.2) is 23.0 Å². The SMILES string of the molecule is O=C1CCC(CNCc2ccoc2)N1. The first-order valence-electron chi connectivity index (χ1n) is 4.86. The van der Waals surface area contributed by atoms with E-state index in [0.717, 1.165) is 25.1 Å². The Morgan fingerprint density at radius 2 is 2.57 bits per heavy atom. The zero-order valence-electron chi connectivity index (χ0n) is 7.95. The summed E-state index contributed by atoms with van der Waals surface area (Å²) in [6.45, 7) is 1.62. The van der Waals surface area contributed by atoms with Gasteiger partial charge in [0.1, 0.15) is 0 Å². The minimum Gasteiger partial charge on any atom is -0.472 e. The van der Waals surface area contributed by atoms with Gasteiger partial charge in [0.2, 0.25) is 5.91 Å². The van der Waals surface area contributed by atoms with Crippen molar-refractivity contribution in [1.29, 1.82) is 0 Å². The van der Waals surface area contributed by atoms with Crippen molar-refractivity contribution in [3.63, 3.8) is 0 Å². The summed E-state index contributed by atoms with van der Waals surface area (Å²) in [5, 5.41) is 6.18. The van der Waals surface area contributed by atoms with Gasteiger partial charge < -0.3 is 15.1 Å². The molecule has 1 unspecified atom stereocenters. The van der Waals surface area contributed by atoms with E-state index >= 15 is 0 Å². The smallest absolute Gasteiger partial charge is 0.220 e. The number of nitrogens with one attached hydrogen (secondary N) is 2. The van der Waals surface area contributed by atoms with Crippen LogP contribution in [0, 0.1) is 0 Å². The normalized spacial score (nSPS) is 21.1. The second-order valence-corrected chi connectivity index (χ2v) is 3.57. The van der Waals surface area contributed by atoms with E-state index in [1.807, 2.05) is 6.07 Å². The van der Waals surface area contributed by atoms with Crippen LogP contribution >= 0.6 is 0 Å². The van der Waals surface area contributed by atoms with E-state index in [1.54, 1.807) is 12.5 Å². The average molecular weight is 194 g/mol. The van der Waals surface area contributed by atoms with Gasteiger partial charge >= 0.3 is 0 Å². The van der Waals surface area contributed by atoms with Crippen molar-refractivity contribution >= 4 is 5.91 Å². The highest BCUT2D eigenvalue weighted by atomic mass is 16.3. The molecule has 1 amide bonds. The van der Waals surface area contributed by atoms with E-state index in [9.17, 15) is 4.79 Å². The maximum atomic E-state index is 10.9. The summed E-state index contributed by atoms with van der Waals surface area (Å²) in [6.07, 6.45) is 4.99. The molecular weight excluding hydrogens is 180 g/mol. The van der Waals surface area contributed by atoms with Gasteiger partial charge in [-0.15, -0.1) is 0 Å². The maximum absolute atomic E-state index is 10.9. The highest BCUT2D eigenvalue weighted by molar-refractivity contribution is 5.78. The summed E-state index contributed by atoms with van der Waals surface area (Å²) in [4.78, 5) is 10.9. The zero-order valence-corrected chi connectivity index (χ0v) is 7.95. The van der Waals surface area contributed by atoms with Crippen LogP contribution in [0.5, 0.6) is 0 Å². The molecule has 0 saturated carbocycles. The van der Waals surface area contributed by atoms with E-state index in [0.29, 0.717) is 12.5 Å². The van der Waals surface area contributed by atoms with E-state index in [4.69, 9.17) is 4.42 Å². The molecule has 2 N–H and O–H groups in total. The predicted octanol–water partition coefficient (Wildman–Crippen LogP) is 0.648. The van der Waals surface area contributed by atoms with Crippen LogP contribution in [0.3, 0.4) is 0 Å². The van der Waals surface area contributed by atoms with Crippen molar-refractivity contribution in [3.8, 4) is 0 Å². The molecule has 0 bridgehead atoms. The zero-order chi connectivity index (χ0) is 9.80. The quantitative estimate of drug-likeness (QED) is 0.739. The number of carbonyl (C=O) groups is 1. The molecule has 0 spiro atoms.